The summed E-state index contributed by atoms with van der Waals surface area (Å²) in [5, 5.41) is 8.02. The van der Waals surface area contributed by atoms with Crippen molar-refractivity contribution in [3.05, 3.63) is 42.0 Å². The second-order valence-electron chi connectivity index (χ2n) is 6.61. The summed E-state index contributed by atoms with van der Waals surface area (Å²) in [6, 6.07) is 5.85. The summed E-state index contributed by atoms with van der Waals surface area (Å²) in [4.78, 5) is 18.2. The number of nitrogens with one attached hydrogen (secondary N) is 1. The molecule has 0 spiro atoms. The molecule has 1 N–H and O–H groups in total. The Hall–Kier alpha value is -2.41. The van der Waals surface area contributed by atoms with E-state index in [1.54, 1.807) is 12.4 Å². The first-order valence-corrected chi connectivity index (χ1v) is 8.89. The minimum Gasteiger partial charge on any atom is -0.485 e. The van der Waals surface area contributed by atoms with Gasteiger partial charge in [0.1, 0.15) is 11.9 Å². The molecule has 0 unspecified atom stereocenters. The van der Waals surface area contributed by atoms with E-state index in [-0.39, 0.29) is 12.0 Å². The Morgan fingerprint density at radius 1 is 1.40 bits per heavy atom. The van der Waals surface area contributed by atoms with Crippen LogP contribution in [0, 0.1) is 0 Å². The maximum absolute atomic E-state index is 12.3. The maximum Gasteiger partial charge on any atom is 0.223 e. The van der Waals surface area contributed by atoms with E-state index in [0.29, 0.717) is 25.9 Å². The van der Waals surface area contributed by atoms with E-state index in [9.17, 15) is 4.79 Å². The molecule has 7 nitrogen and oxygen atoms in total. The molecule has 0 aromatic carbocycles. The highest BCUT2D eigenvalue weighted by atomic mass is 16.5. The van der Waals surface area contributed by atoms with Gasteiger partial charge in [-0.1, -0.05) is 0 Å². The van der Waals surface area contributed by atoms with Crippen LogP contribution < -0.4 is 10.1 Å². The molecule has 2 aliphatic heterocycles. The average molecular weight is 341 g/mol. The van der Waals surface area contributed by atoms with Gasteiger partial charge in [0.15, 0.2) is 0 Å². The van der Waals surface area contributed by atoms with Crippen molar-refractivity contribution in [1.82, 2.24) is 25.0 Å². The number of amides is 1. The molecule has 0 radical (unpaired) electrons. The largest absolute Gasteiger partial charge is 0.485 e. The first-order chi connectivity index (χ1) is 12.3. The first kappa shape index (κ1) is 16.1. The van der Waals surface area contributed by atoms with E-state index in [4.69, 9.17) is 4.74 Å². The molecule has 4 rings (SSSR count). The van der Waals surface area contributed by atoms with Gasteiger partial charge in [-0.05, 0) is 31.2 Å². The van der Waals surface area contributed by atoms with Crippen LogP contribution >= 0.6 is 0 Å². The van der Waals surface area contributed by atoms with Crippen molar-refractivity contribution in [3.63, 3.8) is 0 Å². The maximum atomic E-state index is 12.3. The summed E-state index contributed by atoms with van der Waals surface area (Å²) >= 11 is 0. The van der Waals surface area contributed by atoms with Crippen LogP contribution in [0.2, 0.25) is 0 Å². The second kappa shape index (κ2) is 7.23. The second-order valence-corrected chi connectivity index (χ2v) is 6.61. The van der Waals surface area contributed by atoms with E-state index >= 15 is 0 Å². The van der Waals surface area contributed by atoms with Crippen LogP contribution in [0.3, 0.4) is 0 Å². The van der Waals surface area contributed by atoms with Gasteiger partial charge in [0.2, 0.25) is 5.91 Å². The molecule has 2 aliphatic rings. The zero-order chi connectivity index (χ0) is 17.1. The fourth-order valence-electron chi connectivity index (χ4n) is 3.26. The number of carbonyl (C=O) groups is 1. The molecule has 1 saturated heterocycles. The number of pyridine rings is 1. The van der Waals surface area contributed by atoms with Crippen molar-refractivity contribution in [3.8, 4) is 5.75 Å². The van der Waals surface area contributed by atoms with Gasteiger partial charge >= 0.3 is 0 Å². The van der Waals surface area contributed by atoms with Crippen molar-refractivity contribution >= 4 is 5.91 Å². The normalized spacial score (nSPS) is 17.5. The lowest BCUT2D eigenvalue weighted by Gasteiger charge is -2.39. The van der Waals surface area contributed by atoms with Crippen LogP contribution in [-0.4, -0.2) is 51.3 Å². The zero-order valence-corrected chi connectivity index (χ0v) is 14.2. The lowest BCUT2D eigenvalue weighted by Crippen LogP contribution is -2.56. The topological polar surface area (TPSA) is 72.3 Å². The van der Waals surface area contributed by atoms with Gasteiger partial charge in [-0.2, -0.15) is 5.10 Å². The summed E-state index contributed by atoms with van der Waals surface area (Å²) in [7, 11) is 0. The SMILES string of the molecule is O=C(CCc1cc2n(n1)CCCNC2)N1CC(Oc2cccnc2)C1. The molecule has 0 saturated carbocycles. The Kier molecular flexibility index (Phi) is 4.65. The number of hydrogen-bond acceptors (Lipinski definition) is 5. The van der Waals surface area contributed by atoms with E-state index in [2.05, 4.69) is 26.1 Å². The van der Waals surface area contributed by atoms with Crippen molar-refractivity contribution < 1.29 is 9.53 Å². The Balaban J connectivity index is 1.22. The average Bonchev–Trinajstić information content (AvgIpc) is 2.86. The van der Waals surface area contributed by atoms with E-state index in [1.807, 2.05) is 17.0 Å². The fraction of sp³-hybridized carbons (Fsp3) is 0.500. The van der Waals surface area contributed by atoms with Crippen LogP contribution in [0.5, 0.6) is 5.75 Å². The van der Waals surface area contributed by atoms with Gasteiger partial charge in [0.05, 0.1) is 30.7 Å². The number of aryl methyl sites for hydroxylation is 2. The highest BCUT2D eigenvalue weighted by Gasteiger charge is 2.32. The molecule has 1 fully saturated rings. The predicted octanol–water partition coefficient (Wildman–Crippen LogP) is 0.994. The molecule has 7 heteroatoms. The van der Waals surface area contributed by atoms with E-state index in [0.717, 1.165) is 37.5 Å². The molecule has 4 heterocycles. The summed E-state index contributed by atoms with van der Waals surface area (Å²) in [5.74, 6) is 0.931. The van der Waals surface area contributed by atoms with Crippen LogP contribution in [-0.2, 0) is 24.3 Å². The monoisotopic (exact) mass is 341 g/mol. The lowest BCUT2D eigenvalue weighted by atomic mass is 10.1. The van der Waals surface area contributed by atoms with E-state index in [1.165, 1.54) is 5.69 Å². The van der Waals surface area contributed by atoms with Crippen molar-refractivity contribution in [2.45, 2.75) is 38.5 Å². The number of ether oxygens (including phenoxy) is 1. The summed E-state index contributed by atoms with van der Waals surface area (Å²) < 4.78 is 7.85. The molecule has 1 amide bonds. The third-order valence-electron chi connectivity index (χ3n) is 4.68. The molecule has 0 aliphatic carbocycles. The minimum atomic E-state index is 0.0721. The molecule has 2 aromatic rings. The number of fused-ring (bicyclic) bond motifs is 1. The van der Waals surface area contributed by atoms with Gasteiger partial charge < -0.3 is 15.0 Å². The zero-order valence-electron chi connectivity index (χ0n) is 14.2. The smallest absolute Gasteiger partial charge is 0.223 e. The standard InChI is InChI=1S/C18H23N5O2/c24-18(22-12-17(13-22)25-16-3-1-6-20-11-16)5-4-14-9-15-10-19-7-2-8-23(15)21-14/h1,3,6,9,11,17,19H,2,4-5,7-8,10,12-13H2. The number of aromatic nitrogens is 3. The first-order valence-electron chi connectivity index (χ1n) is 8.89. The van der Waals surface area contributed by atoms with Gasteiger partial charge in [0, 0.05) is 32.1 Å². The van der Waals surface area contributed by atoms with Crippen molar-refractivity contribution in [2.24, 2.45) is 0 Å². The Morgan fingerprint density at radius 2 is 2.32 bits per heavy atom. The van der Waals surface area contributed by atoms with Crippen LogP contribution in [0.4, 0.5) is 0 Å². The van der Waals surface area contributed by atoms with Crippen LogP contribution in [0.25, 0.3) is 0 Å². The van der Waals surface area contributed by atoms with Crippen molar-refractivity contribution in [1.29, 1.82) is 0 Å². The fourth-order valence-corrected chi connectivity index (χ4v) is 3.26. The molecule has 2 aromatic heterocycles. The van der Waals surface area contributed by atoms with Gasteiger partial charge in [-0.3, -0.25) is 14.5 Å². The number of nitrogens with zero attached hydrogens (tertiary/aromatic N) is 4. The molecular formula is C18H23N5O2. The molecule has 0 bridgehead atoms. The van der Waals surface area contributed by atoms with Crippen molar-refractivity contribution in [2.75, 3.05) is 19.6 Å². The van der Waals surface area contributed by atoms with Gasteiger partial charge in [-0.15, -0.1) is 0 Å². The Morgan fingerprint density at radius 3 is 3.16 bits per heavy atom. The summed E-state index contributed by atoms with van der Waals surface area (Å²) in [6.07, 6.45) is 5.78. The minimum absolute atomic E-state index is 0.0721. The van der Waals surface area contributed by atoms with E-state index < -0.39 is 0 Å². The molecule has 25 heavy (non-hydrogen) atoms. The van der Waals surface area contributed by atoms with Gasteiger partial charge in [0.25, 0.3) is 0 Å². The number of rotatable bonds is 5. The summed E-state index contributed by atoms with van der Waals surface area (Å²) in [6.45, 7) is 4.15. The van der Waals surface area contributed by atoms with Crippen LogP contribution in [0.15, 0.2) is 30.6 Å². The quantitative estimate of drug-likeness (QED) is 0.878. The lowest BCUT2D eigenvalue weighted by molar-refractivity contribution is -0.139. The number of carbonyl (C=O) groups excluding carboxylic acids is 1. The highest BCUT2D eigenvalue weighted by molar-refractivity contribution is 5.77. The number of hydrogen-bond donors (Lipinski definition) is 1. The Labute approximate surface area is 147 Å². The van der Waals surface area contributed by atoms with Gasteiger partial charge in [-0.25, -0.2) is 0 Å². The highest BCUT2D eigenvalue weighted by Crippen LogP contribution is 2.18. The third-order valence-corrected chi connectivity index (χ3v) is 4.68. The van der Waals surface area contributed by atoms with Crippen LogP contribution in [0.1, 0.15) is 24.2 Å². The molecular weight excluding hydrogens is 318 g/mol. The Bertz CT molecular complexity index is 701. The third kappa shape index (κ3) is 3.82. The molecule has 0 atom stereocenters. The summed E-state index contributed by atoms with van der Waals surface area (Å²) in [5.41, 5.74) is 2.23. The molecule has 132 valence electrons. The number of likely N-dealkylation sites (tertiary alicyclic amines) is 1. The predicted molar refractivity (Wildman–Crippen MR) is 92.1 cm³/mol.